The number of aromatic nitrogens is 2. The van der Waals surface area contributed by atoms with Crippen LogP contribution in [0.2, 0.25) is 0 Å². The van der Waals surface area contributed by atoms with Gasteiger partial charge in [-0.3, -0.25) is 14.6 Å². The van der Waals surface area contributed by atoms with E-state index in [0.29, 0.717) is 0 Å². The summed E-state index contributed by atoms with van der Waals surface area (Å²) in [4.78, 5) is 27.6. The van der Waals surface area contributed by atoms with Crippen LogP contribution in [0, 0.1) is 0 Å². The summed E-state index contributed by atoms with van der Waals surface area (Å²) < 4.78 is 0. The van der Waals surface area contributed by atoms with Crippen molar-refractivity contribution in [3.05, 3.63) is 24.3 Å². The summed E-state index contributed by atoms with van der Waals surface area (Å²) >= 11 is 0. The standard InChI is InChI=1S/C6H4N2O2/c9-4-6(10)5-3-7-1-2-8-5/h1-4H. The molecule has 0 amide bonds. The zero-order chi connectivity index (χ0) is 7.40. The van der Waals surface area contributed by atoms with E-state index in [1.807, 2.05) is 0 Å². The summed E-state index contributed by atoms with van der Waals surface area (Å²) in [7, 11) is 0. The van der Waals surface area contributed by atoms with Crippen LogP contribution in [0.5, 0.6) is 0 Å². The van der Waals surface area contributed by atoms with Gasteiger partial charge in [-0.15, -0.1) is 0 Å². The molecule has 1 aromatic rings. The number of ketones is 1. The van der Waals surface area contributed by atoms with E-state index in [2.05, 4.69) is 9.97 Å². The fourth-order valence-electron chi connectivity index (χ4n) is 0.487. The summed E-state index contributed by atoms with van der Waals surface area (Å²) in [6, 6.07) is 0. The van der Waals surface area contributed by atoms with Crippen molar-refractivity contribution >= 4 is 12.1 Å². The molecule has 0 aliphatic carbocycles. The van der Waals surface area contributed by atoms with Gasteiger partial charge in [0.25, 0.3) is 0 Å². The Morgan fingerprint density at radius 3 is 2.80 bits per heavy atom. The normalized spacial score (nSPS) is 8.80. The second-order valence-electron chi connectivity index (χ2n) is 1.57. The van der Waals surface area contributed by atoms with Crippen molar-refractivity contribution in [2.45, 2.75) is 0 Å². The van der Waals surface area contributed by atoms with Crippen LogP contribution in [-0.4, -0.2) is 22.0 Å². The number of aldehydes is 1. The Labute approximate surface area is 56.9 Å². The molecule has 4 heteroatoms. The Bertz CT molecular complexity index is 245. The highest BCUT2D eigenvalue weighted by Crippen LogP contribution is 1.87. The molecule has 0 aliphatic rings. The number of Topliss-reactive ketones (excluding diaryl/α,β-unsaturated/α-hetero) is 1. The molecule has 0 saturated heterocycles. The maximum atomic E-state index is 10.5. The Morgan fingerprint density at radius 2 is 2.30 bits per heavy atom. The van der Waals surface area contributed by atoms with Crippen LogP contribution in [-0.2, 0) is 4.79 Å². The number of rotatable bonds is 2. The molecule has 10 heavy (non-hydrogen) atoms. The van der Waals surface area contributed by atoms with Crippen LogP contribution < -0.4 is 0 Å². The topological polar surface area (TPSA) is 59.9 Å². The fraction of sp³-hybridized carbons (Fsp3) is 0. The Kier molecular flexibility index (Phi) is 1.84. The highest BCUT2D eigenvalue weighted by molar-refractivity contribution is 6.32. The summed E-state index contributed by atoms with van der Waals surface area (Å²) in [6.07, 6.45) is 4.25. The lowest BCUT2D eigenvalue weighted by molar-refractivity contribution is -0.104. The van der Waals surface area contributed by atoms with Crippen molar-refractivity contribution in [1.82, 2.24) is 9.97 Å². The highest BCUT2D eigenvalue weighted by Gasteiger charge is 2.02. The van der Waals surface area contributed by atoms with Gasteiger partial charge in [0.1, 0.15) is 5.69 Å². The monoisotopic (exact) mass is 136 g/mol. The van der Waals surface area contributed by atoms with Gasteiger partial charge in [0.2, 0.25) is 5.78 Å². The molecular formula is C6H4N2O2. The largest absolute Gasteiger partial charge is 0.294 e. The van der Waals surface area contributed by atoms with Gasteiger partial charge in [0.05, 0.1) is 6.20 Å². The average molecular weight is 136 g/mol. The van der Waals surface area contributed by atoms with Crippen molar-refractivity contribution in [3.8, 4) is 0 Å². The first-order chi connectivity index (χ1) is 4.84. The van der Waals surface area contributed by atoms with Crippen LogP contribution in [0.1, 0.15) is 10.5 Å². The molecule has 0 spiro atoms. The van der Waals surface area contributed by atoms with Crippen molar-refractivity contribution in [2.75, 3.05) is 0 Å². The third kappa shape index (κ3) is 1.22. The second kappa shape index (κ2) is 2.82. The van der Waals surface area contributed by atoms with E-state index in [0.717, 1.165) is 0 Å². The number of carbonyl (C=O) groups is 2. The zero-order valence-electron chi connectivity index (χ0n) is 5.02. The molecular weight excluding hydrogens is 132 g/mol. The van der Waals surface area contributed by atoms with Crippen molar-refractivity contribution in [1.29, 1.82) is 0 Å². The van der Waals surface area contributed by atoms with Crippen LogP contribution >= 0.6 is 0 Å². The van der Waals surface area contributed by atoms with Crippen molar-refractivity contribution in [3.63, 3.8) is 0 Å². The second-order valence-corrected chi connectivity index (χ2v) is 1.57. The van der Waals surface area contributed by atoms with E-state index in [9.17, 15) is 9.59 Å². The van der Waals surface area contributed by atoms with E-state index < -0.39 is 5.78 Å². The van der Waals surface area contributed by atoms with E-state index >= 15 is 0 Å². The smallest absolute Gasteiger partial charge is 0.245 e. The van der Waals surface area contributed by atoms with E-state index in [4.69, 9.17) is 0 Å². The molecule has 1 heterocycles. The van der Waals surface area contributed by atoms with Crippen molar-refractivity contribution < 1.29 is 9.59 Å². The molecule has 0 aromatic carbocycles. The van der Waals surface area contributed by atoms with Gasteiger partial charge in [-0.2, -0.15) is 0 Å². The number of hydrogen-bond donors (Lipinski definition) is 0. The SMILES string of the molecule is O=CC(=O)c1cnccn1. The van der Waals surface area contributed by atoms with Crippen LogP contribution in [0.3, 0.4) is 0 Å². The van der Waals surface area contributed by atoms with Gasteiger partial charge in [0.15, 0.2) is 6.29 Å². The molecule has 1 aromatic heterocycles. The summed E-state index contributed by atoms with van der Waals surface area (Å²) in [5.41, 5.74) is 0.0810. The lowest BCUT2D eigenvalue weighted by Crippen LogP contribution is -2.02. The van der Waals surface area contributed by atoms with Gasteiger partial charge in [-0.25, -0.2) is 4.98 Å². The first-order valence-corrected chi connectivity index (χ1v) is 2.60. The van der Waals surface area contributed by atoms with Gasteiger partial charge in [-0.05, 0) is 0 Å². The predicted octanol–water partition coefficient (Wildman–Crippen LogP) is -0.142. The Hall–Kier alpha value is -1.58. The first kappa shape index (κ1) is 6.54. The molecule has 0 saturated carbocycles. The minimum Gasteiger partial charge on any atom is -0.294 e. The van der Waals surface area contributed by atoms with E-state index in [-0.39, 0.29) is 12.0 Å². The molecule has 0 atom stereocenters. The predicted molar refractivity (Wildman–Crippen MR) is 32.4 cm³/mol. The van der Waals surface area contributed by atoms with Crippen LogP contribution in [0.25, 0.3) is 0 Å². The lowest BCUT2D eigenvalue weighted by Gasteiger charge is -1.87. The minimum absolute atomic E-state index is 0.0810. The first-order valence-electron chi connectivity index (χ1n) is 2.60. The third-order valence-electron chi connectivity index (χ3n) is 0.923. The third-order valence-corrected chi connectivity index (χ3v) is 0.923. The Balaban J connectivity index is 2.95. The molecule has 50 valence electrons. The molecule has 0 aliphatic heterocycles. The highest BCUT2D eigenvalue weighted by atomic mass is 16.2. The number of carbonyl (C=O) groups excluding carboxylic acids is 2. The average Bonchev–Trinajstić information content (AvgIpc) is 2.05. The lowest BCUT2D eigenvalue weighted by atomic mass is 10.3. The molecule has 0 radical (unpaired) electrons. The number of hydrogen-bond acceptors (Lipinski definition) is 4. The summed E-state index contributed by atoms with van der Waals surface area (Å²) in [5, 5.41) is 0. The minimum atomic E-state index is -0.645. The van der Waals surface area contributed by atoms with Gasteiger partial charge < -0.3 is 0 Å². The molecule has 4 nitrogen and oxygen atoms in total. The maximum absolute atomic E-state index is 10.5. The molecule has 0 N–H and O–H groups in total. The van der Waals surface area contributed by atoms with Crippen molar-refractivity contribution in [2.24, 2.45) is 0 Å². The molecule has 0 unspecified atom stereocenters. The van der Waals surface area contributed by atoms with Gasteiger partial charge in [0, 0.05) is 12.4 Å². The quantitative estimate of drug-likeness (QED) is 0.322. The Morgan fingerprint density at radius 1 is 1.50 bits per heavy atom. The molecule has 0 fully saturated rings. The molecule has 0 bridgehead atoms. The van der Waals surface area contributed by atoms with Gasteiger partial charge in [-0.1, -0.05) is 0 Å². The van der Waals surface area contributed by atoms with E-state index in [1.54, 1.807) is 0 Å². The van der Waals surface area contributed by atoms with Crippen LogP contribution in [0.15, 0.2) is 18.6 Å². The van der Waals surface area contributed by atoms with Gasteiger partial charge >= 0.3 is 0 Å². The summed E-state index contributed by atoms with van der Waals surface area (Å²) in [5.74, 6) is -0.645. The molecule has 1 rings (SSSR count). The fourth-order valence-corrected chi connectivity index (χ4v) is 0.487. The summed E-state index contributed by atoms with van der Waals surface area (Å²) in [6.45, 7) is 0. The number of nitrogens with zero attached hydrogens (tertiary/aromatic N) is 2. The van der Waals surface area contributed by atoms with E-state index in [1.165, 1.54) is 18.6 Å². The maximum Gasteiger partial charge on any atom is 0.245 e. The van der Waals surface area contributed by atoms with Crippen LogP contribution in [0.4, 0.5) is 0 Å². The zero-order valence-corrected chi connectivity index (χ0v) is 5.02.